The van der Waals surface area contributed by atoms with Gasteiger partial charge in [0.15, 0.2) is 11.5 Å². The van der Waals surface area contributed by atoms with Crippen molar-refractivity contribution in [3.8, 4) is 11.5 Å². The molecule has 0 saturated heterocycles. The number of hydrogen-bond acceptors (Lipinski definition) is 6. The Morgan fingerprint density at radius 2 is 1.84 bits per heavy atom. The van der Waals surface area contributed by atoms with Crippen molar-refractivity contribution in [3.05, 3.63) is 78.1 Å². The fraction of sp³-hybridized carbons (Fsp3) is 0.259. The molecule has 10 heteroatoms. The van der Waals surface area contributed by atoms with Crippen molar-refractivity contribution in [2.24, 2.45) is 0 Å². The maximum atomic E-state index is 13.8. The van der Waals surface area contributed by atoms with Crippen LogP contribution in [0.4, 0.5) is 10.1 Å². The van der Waals surface area contributed by atoms with Crippen molar-refractivity contribution in [2.75, 3.05) is 12.1 Å². The monoisotopic (exact) mass is 503 g/mol. The number of benzene rings is 3. The Labute approximate surface area is 212 Å². The lowest BCUT2D eigenvalue weighted by atomic mass is 9.93. The van der Waals surface area contributed by atoms with Crippen LogP contribution >= 0.6 is 0 Å². The molecule has 1 aliphatic rings. The van der Waals surface area contributed by atoms with Crippen LogP contribution in [0, 0.1) is 5.82 Å². The first kappa shape index (κ1) is 24.2. The SMILES string of the molecule is CC[C@@](C)(C(=O)Nc1ccc2c(c1)OCO2)N(Cc1ccc(F)cc1)C(=O)Cn1nnc2ccccc21. The Morgan fingerprint density at radius 3 is 2.62 bits per heavy atom. The highest BCUT2D eigenvalue weighted by molar-refractivity contribution is 6.00. The van der Waals surface area contributed by atoms with E-state index in [2.05, 4.69) is 15.6 Å². The molecule has 2 heterocycles. The number of nitrogens with zero attached hydrogens (tertiary/aromatic N) is 4. The Bertz CT molecular complexity index is 1450. The molecule has 2 amide bonds. The van der Waals surface area contributed by atoms with E-state index in [9.17, 15) is 14.0 Å². The van der Waals surface area contributed by atoms with E-state index >= 15 is 0 Å². The number of fused-ring (bicyclic) bond motifs is 2. The van der Waals surface area contributed by atoms with Gasteiger partial charge in [-0.15, -0.1) is 5.10 Å². The molecular weight excluding hydrogens is 477 g/mol. The van der Waals surface area contributed by atoms with Crippen molar-refractivity contribution in [1.82, 2.24) is 19.9 Å². The summed E-state index contributed by atoms with van der Waals surface area (Å²) in [6.07, 6.45) is 0.328. The Hall–Kier alpha value is -4.47. The van der Waals surface area contributed by atoms with Gasteiger partial charge in [-0.2, -0.15) is 0 Å². The maximum Gasteiger partial charge on any atom is 0.250 e. The standard InChI is InChI=1S/C27H26FN5O4/c1-3-27(2,26(35)29-20-12-13-23-24(14-20)37-17-36-23)32(15-18-8-10-19(28)11-9-18)25(34)16-33-22-7-5-4-6-21(22)30-31-33/h4-14H,3,15-17H2,1-2H3,(H,29,35)/t27-/m0/s1. The van der Waals surface area contributed by atoms with E-state index in [4.69, 9.17) is 9.47 Å². The molecule has 0 unspecified atom stereocenters. The third kappa shape index (κ3) is 4.82. The van der Waals surface area contributed by atoms with Gasteiger partial charge in [0.05, 0.1) is 5.52 Å². The number of para-hydroxylation sites is 1. The lowest BCUT2D eigenvalue weighted by Gasteiger charge is -2.39. The zero-order chi connectivity index (χ0) is 26.0. The molecule has 190 valence electrons. The van der Waals surface area contributed by atoms with Gasteiger partial charge in [0, 0.05) is 18.3 Å². The quantitative estimate of drug-likeness (QED) is 0.388. The molecule has 37 heavy (non-hydrogen) atoms. The third-order valence-electron chi connectivity index (χ3n) is 6.66. The summed E-state index contributed by atoms with van der Waals surface area (Å²) in [5.41, 5.74) is 1.34. The number of rotatable bonds is 8. The summed E-state index contributed by atoms with van der Waals surface area (Å²) in [7, 11) is 0. The van der Waals surface area contributed by atoms with Gasteiger partial charge in [-0.05, 0) is 55.3 Å². The molecule has 0 bridgehead atoms. The van der Waals surface area contributed by atoms with Crippen molar-refractivity contribution in [3.63, 3.8) is 0 Å². The number of aromatic nitrogens is 3. The second-order valence-corrected chi connectivity index (χ2v) is 8.99. The second kappa shape index (κ2) is 9.88. The minimum Gasteiger partial charge on any atom is -0.454 e. The Morgan fingerprint density at radius 1 is 1.08 bits per heavy atom. The zero-order valence-corrected chi connectivity index (χ0v) is 20.5. The van der Waals surface area contributed by atoms with Crippen LogP contribution in [0.2, 0.25) is 0 Å². The number of carbonyl (C=O) groups is 2. The molecule has 1 aliphatic heterocycles. The van der Waals surface area contributed by atoms with Gasteiger partial charge in [-0.1, -0.05) is 36.4 Å². The average Bonchev–Trinajstić information content (AvgIpc) is 3.54. The second-order valence-electron chi connectivity index (χ2n) is 8.99. The van der Waals surface area contributed by atoms with Crippen LogP contribution in [0.3, 0.4) is 0 Å². The van der Waals surface area contributed by atoms with Crippen molar-refractivity contribution in [2.45, 2.75) is 38.9 Å². The average molecular weight is 504 g/mol. The lowest BCUT2D eigenvalue weighted by Crippen LogP contribution is -2.57. The molecule has 0 aliphatic carbocycles. The molecular formula is C27H26FN5O4. The fourth-order valence-corrected chi connectivity index (χ4v) is 4.27. The fourth-order valence-electron chi connectivity index (χ4n) is 4.27. The highest BCUT2D eigenvalue weighted by Gasteiger charge is 2.41. The van der Waals surface area contributed by atoms with Gasteiger partial charge in [0.2, 0.25) is 18.6 Å². The first-order valence-electron chi connectivity index (χ1n) is 11.9. The van der Waals surface area contributed by atoms with E-state index in [1.165, 1.54) is 21.7 Å². The summed E-state index contributed by atoms with van der Waals surface area (Å²) < 4.78 is 25.8. The normalized spacial score (nSPS) is 13.8. The first-order valence-corrected chi connectivity index (χ1v) is 11.9. The van der Waals surface area contributed by atoms with Crippen LogP contribution < -0.4 is 14.8 Å². The van der Waals surface area contributed by atoms with Gasteiger partial charge in [-0.3, -0.25) is 9.59 Å². The molecule has 3 aromatic carbocycles. The van der Waals surface area contributed by atoms with Gasteiger partial charge >= 0.3 is 0 Å². The number of halogens is 1. The lowest BCUT2D eigenvalue weighted by molar-refractivity contribution is -0.146. The van der Waals surface area contributed by atoms with Gasteiger partial charge in [-0.25, -0.2) is 9.07 Å². The topological polar surface area (TPSA) is 98.6 Å². The van der Waals surface area contributed by atoms with E-state index in [-0.39, 0.29) is 37.5 Å². The molecule has 0 radical (unpaired) electrons. The summed E-state index contributed by atoms with van der Waals surface area (Å²) in [5.74, 6) is 0.0604. The molecule has 4 aromatic rings. The number of nitrogens with one attached hydrogen (secondary N) is 1. The minimum atomic E-state index is -1.24. The Balaban J connectivity index is 1.45. The molecule has 1 atom stereocenters. The van der Waals surface area contributed by atoms with E-state index in [1.807, 2.05) is 31.2 Å². The number of carbonyl (C=O) groups excluding carboxylic acids is 2. The number of anilines is 1. The van der Waals surface area contributed by atoms with Crippen LogP contribution in [-0.4, -0.2) is 44.0 Å². The van der Waals surface area contributed by atoms with E-state index in [0.717, 1.165) is 0 Å². The Kier molecular flexibility index (Phi) is 6.47. The first-order chi connectivity index (χ1) is 17.9. The number of hydrogen-bond donors (Lipinski definition) is 1. The molecule has 1 N–H and O–H groups in total. The summed E-state index contributed by atoms with van der Waals surface area (Å²) in [5, 5.41) is 11.2. The largest absolute Gasteiger partial charge is 0.454 e. The zero-order valence-electron chi connectivity index (χ0n) is 20.5. The maximum absolute atomic E-state index is 13.8. The van der Waals surface area contributed by atoms with Crippen molar-refractivity contribution >= 4 is 28.5 Å². The molecule has 1 aromatic heterocycles. The van der Waals surface area contributed by atoms with Gasteiger partial charge in [0.1, 0.15) is 23.4 Å². The molecule has 0 spiro atoms. The van der Waals surface area contributed by atoms with Crippen LogP contribution in [0.1, 0.15) is 25.8 Å². The summed E-state index contributed by atoms with van der Waals surface area (Å²) in [6, 6.07) is 18.3. The summed E-state index contributed by atoms with van der Waals surface area (Å²) in [4.78, 5) is 29.0. The minimum absolute atomic E-state index is 0.102. The molecule has 0 fully saturated rings. The van der Waals surface area contributed by atoms with Gasteiger partial charge < -0.3 is 19.7 Å². The highest BCUT2D eigenvalue weighted by Crippen LogP contribution is 2.35. The van der Waals surface area contributed by atoms with E-state index in [0.29, 0.717) is 40.2 Å². The summed E-state index contributed by atoms with van der Waals surface area (Å²) >= 11 is 0. The predicted octanol–water partition coefficient (Wildman–Crippen LogP) is 4.14. The van der Waals surface area contributed by atoms with Gasteiger partial charge in [0.25, 0.3) is 0 Å². The van der Waals surface area contributed by atoms with E-state index in [1.54, 1.807) is 37.3 Å². The van der Waals surface area contributed by atoms with E-state index < -0.39 is 5.54 Å². The molecule has 5 rings (SSSR count). The van der Waals surface area contributed by atoms with Crippen molar-refractivity contribution in [1.29, 1.82) is 0 Å². The molecule has 9 nitrogen and oxygen atoms in total. The third-order valence-corrected chi connectivity index (χ3v) is 6.66. The van der Waals surface area contributed by atoms with Crippen LogP contribution in [0.5, 0.6) is 11.5 Å². The predicted molar refractivity (Wildman–Crippen MR) is 134 cm³/mol. The van der Waals surface area contributed by atoms with Crippen LogP contribution in [0.15, 0.2) is 66.7 Å². The van der Waals surface area contributed by atoms with Crippen LogP contribution in [0.25, 0.3) is 11.0 Å². The van der Waals surface area contributed by atoms with Crippen molar-refractivity contribution < 1.29 is 23.5 Å². The highest BCUT2D eigenvalue weighted by atomic mass is 19.1. The number of amides is 2. The smallest absolute Gasteiger partial charge is 0.250 e. The number of ether oxygens (including phenoxy) is 2. The van der Waals surface area contributed by atoms with Crippen LogP contribution in [-0.2, 0) is 22.7 Å². The summed E-state index contributed by atoms with van der Waals surface area (Å²) in [6.45, 7) is 3.67. The molecule has 0 saturated carbocycles.